The summed E-state index contributed by atoms with van der Waals surface area (Å²) in [6.07, 6.45) is 1.50. The van der Waals surface area contributed by atoms with Crippen LogP contribution < -0.4 is 4.72 Å². The van der Waals surface area contributed by atoms with Gasteiger partial charge in [-0.25, -0.2) is 8.78 Å². The van der Waals surface area contributed by atoms with Gasteiger partial charge in [-0.05, 0) is 57.0 Å². The van der Waals surface area contributed by atoms with E-state index in [4.69, 9.17) is 0 Å². The van der Waals surface area contributed by atoms with Crippen LogP contribution in [-0.2, 0) is 23.5 Å². The van der Waals surface area contributed by atoms with Gasteiger partial charge in [0.05, 0.1) is 12.3 Å². The molecule has 2 rings (SSSR count). The fourth-order valence-corrected chi connectivity index (χ4v) is 3.12. The van der Waals surface area contributed by atoms with Gasteiger partial charge in [0.1, 0.15) is 10.3 Å². The summed E-state index contributed by atoms with van der Waals surface area (Å²) in [6, 6.07) is 6.89. The van der Waals surface area contributed by atoms with Crippen molar-refractivity contribution in [3.8, 4) is 0 Å². The smallest absolute Gasteiger partial charge is 0.159 e. The normalized spacial score (nSPS) is 15.7. The molecule has 0 aliphatic carbocycles. The molecule has 1 aromatic heterocycles. The first kappa shape index (κ1) is 19.8. The molecular weight excluding hydrogens is 346 g/mol. The number of nitrogens with one attached hydrogen (secondary N) is 1. The number of pyridine rings is 1. The summed E-state index contributed by atoms with van der Waals surface area (Å²) in [6.45, 7) is 6.99. The fourth-order valence-electron chi connectivity index (χ4n) is 2.22. The van der Waals surface area contributed by atoms with Crippen molar-refractivity contribution in [3.63, 3.8) is 0 Å². The molecule has 0 fully saturated rings. The maximum atomic E-state index is 13.8. The van der Waals surface area contributed by atoms with E-state index in [1.54, 1.807) is 19.1 Å². The van der Waals surface area contributed by atoms with Gasteiger partial charge in [-0.3, -0.25) is 4.98 Å². The molecule has 0 bridgehead atoms. The van der Waals surface area contributed by atoms with Gasteiger partial charge in [0, 0.05) is 17.6 Å². The monoisotopic (exact) mass is 368 g/mol. The molecule has 7 heteroatoms. The molecule has 2 N–H and O–H groups in total. The van der Waals surface area contributed by atoms with Crippen LogP contribution in [0.3, 0.4) is 0 Å². The number of rotatable bonds is 5. The van der Waals surface area contributed by atoms with Crippen molar-refractivity contribution in [2.75, 3.05) is 0 Å². The van der Waals surface area contributed by atoms with Crippen LogP contribution in [0.1, 0.15) is 44.5 Å². The Kier molecular flexibility index (Phi) is 5.83. The Hall–Kier alpha value is -1.54. The maximum absolute atomic E-state index is 13.8. The molecule has 0 amide bonds. The van der Waals surface area contributed by atoms with Gasteiger partial charge in [-0.1, -0.05) is 12.1 Å². The van der Waals surface area contributed by atoms with E-state index < -0.39 is 33.3 Å². The number of hydrogen-bond donors (Lipinski definition) is 2. The molecule has 4 nitrogen and oxygen atoms in total. The van der Waals surface area contributed by atoms with Crippen LogP contribution in [0, 0.1) is 11.6 Å². The first-order valence-electron chi connectivity index (χ1n) is 7.79. The minimum absolute atomic E-state index is 0.156. The number of aliphatic hydroxyl groups excluding tert-OH is 1. The first-order chi connectivity index (χ1) is 11.6. The average Bonchev–Trinajstić information content (AvgIpc) is 2.56. The Labute approximate surface area is 149 Å². The second kappa shape index (κ2) is 7.37. The molecule has 136 valence electrons. The Bertz CT molecular complexity index is 735. The lowest BCUT2D eigenvalue weighted by Gasteiger charge is -2.35. The summed E-state index contributed by atoms with van der Waals surface area (Å²) in [7, 11) is 0. The van der Waals surface area contributed by atoms with Crippen molar-refractivity contribution in [2.24, 2.45) is 0 Å². The van der Waals surface area contributed by atoms with Crippen molar-refractivity contribution in [2.45, 2.75) is 44.6 Å². The van der Waals surface area contributed by atoms with Gasteiger partial charge in [-0.2, -0.15) is 0 Å². The second-order valence-corrected chi connectivity index (χ2v) is 8.91. The van der Waals surface area contributed by atoms with Crippen molar-refractivity contribution in [1.29, 1.82) is 0 Å². The van der Waals surface area contributed by atoms with Crippen molar-refractivity contribution in [3.05, 3.63) is 65.0 Å². The van der Waals surface area contributed by atoms with Crippen LogP contribution >= 0.6 is 0 Å². The fraction of sp³-hybridized carbons (Fsp3) is 0.389. The highest BCUT2D eigenvalue weighted by Gasteiger charge is 2.40. The van der Waals surface area contributed by atoms with Gasteiger partial charge in [0.15, 0.2) is 11.6 Å². The van der Waals surface area contributed by atoms with Gasteiger partial charge in [0.2, 0.25) is 0 Å². The molecule has 0 radical (unpaired) electrons. The molecule has 2 atom stereocenters. The van der Waals surface area contributed by atoms with E-state index in [1.165, 1.54) is 12.3 Å². The third-order valence-corrected chi connectivity index (χ3v) is 5.58. The highest BCUT2D eigenvalue weighted by Crippen LogP contribution is 2.32. The summed E-state index contributed by atoms with van der Waals surface area (Å²) in [5, 5.41) is 9.17. The van der Waals surface area contributed by atoms with Crippen molar-refractivity contribution in [1.82, 2.24) is 9.71 Å². The highest BCUT2D eigenvalue weighted by molar-refractivity contribution is 7.90. The Morgan fingerprint density at radius 3 is 2.28 bits per heavy atom. The van der Waals surface area contributed by atoms with Crippen LogP contribution in [0.5, 0.6) is 0 Å². The van der Waals surface area contributed by atoms with E-state index in [0.29, 0.717) is 16.8 Å². The maximum Gasteiger partial charge on any atom is 0.159 e. The zero-order valence-corrected chi connectivity index (χ0v) is 15.5. The topological polar surface area (TPSA) is 68.2 Å². The molecule has 0 saturated carbocycles. The summed E-state index contributed by atoms with van der Waals surface area (Å²) >= 11 is -1.48. The molecule has 0 aliphatic rings. The van der Waals surface area contributed by atoms with Crippen LogP contribution in [0.4, 0.5) is 8.78 Å². The van der Waals surface area contributed by atoms with Crippen LogP contribution in [0.15, 0.2) is 36.5 Å². The standard InChI is InChI=1S/C18H22F2N2O2S/c1-17(2,3)25(24)22-18(4,13-6-7-14(19)15(20)9-13)16-8-5-12(11-23)10-21-16/h5-10,22-23H,11H2,1-4H3. The van der Waals surface area contributed by atoms with E-state index in [-0.39, 0.29) is 6.61 Å². The molecule has 0 aliphatic heterocycles. The Morgan fingerprint density at radius 2 is 1.80 bits per heavy atom. The number of hydrogen-bond acceptors (Lipinski definition) is 4. The van der Waals surface area contributed by atoms with Gasteiger partial charge in [-0.15, -0.1) is 4.72 Å². The third-order valence-electron chi connectivity index (χ3n) is 3.87. The molecule has 2 unspecified atom stereocenters. The SMILES string of the molecule is CC(N[S+]([O-])C(C)(C)C)(c1ccc(F)c(F)c1)c1ccc(CO)cn1. The summed E-state index contributed by atoms with van der Waals surface area (Å²) < 4.78 is 42.2. The van der Waals surface area contributed by atoms with Crippen LogP contribution in [0.25, 0.3) is 0 Å². The second-order valence-electron chi connectivity index (χ2n) is 6.95. The number of benzene rings is 1. The molecule has 1 aromatic carbocycles. The zero-order chi connectivity index (χ0) is 18.8. The summed E-state index contributed by atoms with van der Waals surface area (Å²) in [5.74, 6) is -1.94. The van der Waals surface area contributed by atoms with E-state index >= 15 is 0 Å². The third kappa shape index (κ3) is 4.36. The van der Waals surface area contributed by atoms with E-state index in [2.05, 4.69) is 9.71 Å². The minimum atomic E-state index is -1.48. The predicted octanol–water partition coefficient (Wildman–Crippen LogP) is 3.17. The van der Waals surface area contributed by atoms with Crippen molar-refractivity contribution < 1.29 is 18.4 Å². The van der Waals surface area contributed by atoms with E-state index in [0.717, 1.165) is 12.1 Å². The summed E-state index contributed by atoms with van der Waals surface area (Å²) in [4.78, 5) is 4.31. The molecule has 25 heavy (non-hydrogen) atoms. The van der Waals surface area contributed by atoms with Crippen molar-refractivity contribution >= 4 is 11.4 Å². The largest absolute Gasteiger partial charge is 0.598 e. The first-order valence-corrected chi connectivity index (χ1v) is 8.94. The number of aliphatic hydroxyl groups is 1. The van der Waals surface area contributed by atoms with Crippen LogP contribution in [-0.4, -0.2) is 19.4 Å². The molecule has 0 saturated heterocycles. The lowest BCUT2D eigenvalue weighted by Crippen LogP contribution is -2.51. The van der Waals surface area contributed by atoms with Gasteiger partial charge >= 0.3 is 0 Å². The lowest BCUT2D eigenvalue weighted by atomic mass is 9.89. The zero-order valence-electron chi connectivity index (χ0n) is 14.6. The quantitative estimate of drug-likeness (QED) is 0.796. The molecule has 1 heterocycles. The summed E-state index contributed by atoms with van der Waals surface area (Å²) in [5.41, 5.74) is 0.385. The Balaban J connectivity index is 2.54. The highest BCUT2D eigenvalue weighted by atomic mass is 32.2. The molecule has 0 spiro atoms. The lowest BCUT2D eigenvalue weighted by molar-refractivity contribution is 0.281. The average molecular weight is 368 g/mol. The molecule has 2 aromatic rings. The number of halogens is 2. The minimum Gasteiger partial charge on any atom is -0.598 e. The number of nitrogens with zero attached hydrogens (tertiary/aromatic N) is 1. The molecular formula is C18H22F2N2O2S. The van der Waals surface area contributed by atoms with Crippen LogP contribution in [0.2, 0.25) is 0 Å². The Morgan fingerprint density at radius 1 is 1.12 bits per heavy atom. The van der Waals surface area contributed by atoms with Gasteiger partial charge < -0.3 is 9.66 Å². The van der Waals surface area contributed by atoms with E-state index in [9.17, 15) is 18.4 Å². The number of aromatic nitrogens is 1. The van der Waals surface area contributed by atoms with Gasteiger partial charge in [0.25, 0.3) is 0 Å². The van der Waals surface area contributed by atoms with E-state index in [1.807, 2.05) is 20.8 Å². The predicted molar refractivity (Wildman–Crippen MR) is 94.0 cm³/mol.